The molecular weight excluding hydrogens is 252 g/mol. The lowest BCUT2D eigenvalue weighted by Crippen LogP contribution is -2.27. The van der Waals surface area contributed by atoms with Crippen LogP contribution in [0.5, 0.6) is 0 Å². The monoisotopic (exact) mass is 274 g/mol. The lowest BCUT2D eigenvalue weighted by molar-refractivity contribution is 0.139. The standard InChI is InChI=1S/C16H22N2O2/c1-13-16(14(2)20-17-13)12-18(9-10-19-3)11-15-7-5-4-6-8-15/h4-8H,9-12H2,1-3H3. The molecule has 0 aliphatic rings. The number of aromatic nitrogens is 1. The van der Waals surface area contributed by atoms with E-state index in [0.29, 0.717) is 0 Å². The minimum atomic E-state index is 0.718. The Bertz CT molecular complexity index is 503. The van der Waals surface area contributed by atoms with E-state index in [1.807, 2.05) is 19.9 Å². The minimum absolute atomic E-state index is 0.718. The molecule has 0 N–H and O–H groups in total. The van der Waals surface area contributed by atoms with Gasteiger partial charge < -0.3 is 9.26 Å². The Hall–Kier alpha value is -1.65. The van der Waals surface area contributed by atoms with Crippen LogP contribution in [0.2, 0.25) is 0 Å². The summed E-state index contributed by atoms with van der Waals surface area (Å²) in [5, 5.41) is 4.02. The maximum absolute atomic E-state index is 5.24. The van der Waals surface area contributed by atoms with Crippen molar-refractivity contribution in [2.75, 3.05) is 20.3 Å². The number of rotatable bonds is 7. The molecule has 108 valence electrons. The largest absolute Gasteiger partial charge is 0.383 e. The van der Waals surface area contributed by atoms with E-state index < -0.39 is 0 Å². The smallest absolute Gasteiger partial charge is 0.138 e. The molecule has 0 radical (unpaired) electrons. The molecule has 0 spiro atoms. The molecule has 0 saturated heterocycles. The van der Waals surface area contributed by atoms with Gasteiger partial charge in [0, 0.05) is 32.3 Å². The molecule has 1 aromatic heterocycles. The van der Waals surface area contributed by atoms with Crippen LogP contribution in [0.15, 0.2) is 34.9 Å². The third-order valence-electron chi connectivity index (χ3n) is 3.42. The molecular formula is C16H22N2O2. The van der Waals surface area contributed by atoms with Crippen LogP contribution in [0, 0.1) is 13.8 Å². The highest BCUT2D eigenvalue weighted by Crippen LogP contribution is 2.16. The molecule has 0 atom stereocenters. The van der Waals surface area contributed by atoms with Crippen LogP contribution in [0.3, 0.4) is 0 Å². The molecule has 20 heavy (non-hydrogen) atoms. The first-order valence-corrected chi connectivity index (χ1v) is 6.87. The van der Waals surface area contributed by atoms with Gasteiger partial charge in [-0.3, -0.25) is 4.90 Å². The summed E-state index contributed by atoms with van der Waals surface area (Å²) < 4.78 is 10.5. The molecule has 0 amide bonds. The quantitative estimate of drug-likeness (QED) is 0.778. The van der Waals surface area contributed by atoms with Crippen molar-refractivity contribution >= 4 is 0 Å². The summed E-state index contributed by atoms with van der Waals surface area (Å²) in [4.78, 5) is 2.35. The molecule has 4 nitrogen and oxygen atoms in total. The molecule has 0 bridgehead atoms. The second-order valence-electron chi connectivity index (χ2n) is 4.99. The van der Waals surface area contributed by atoms with E-state index in [4.69, 9.17) is 9.26 Å². The number of hydrogen-bond acceptors (Lipinski definition) is 4. The fourth-order valence-electron chi connectivity index (χ4n) is 2.23. The van der Waals surface area contributed by atoms with Gasteiger partial charge in [-0.2, -0.15) is 0 Å². The van der Waals surface area contributed by atoms with Crippen LogP contribution in [0.1, 0.15) is 22.6 Å². The summed E-state index contributed by atoms with van der Waals surface area (Å²) in [5.41, 5.74) is 3.45. The van der Waals surface area contributed by atoms with Crippen molar-refractivity contribution in [1.82, 2.24) is 10.1 Å². The van der Waals surface area contributed by atoms with Gasteiger partial charge in [-0.1, -0.05) is 35.5 Å². The summed E-state index contributed by atoms with van der Waals surface area (Å²) >= 11 is 0. The van der Waals surface area contributed by atoms with Crippen LogP contribution < -0.4 is 0 Å². The van der Waals surface area contributed by atoms with Crippen LogP contribution >= 0.6 is 0 Å². The van der Waals surface area contributed by atoms with Gasteiger partial charge in [0.1, 0.15) is 5.76 Å². The molecule has 0 aliphatic carbocycles. The molecule has 0 saturated carbocycles. The summed E-state index contributed by atoms with van der Waals surface area (Å²) in [7, 11) is 1.73. The molecule has 1 heterocycles. The summed E-state index contributed by atoms with van der Waals surface area (Å²) in [5.74, 6) is 0.901. The fraction of sp³-hybridized carbons (Fsp3) is 0.438. The molecule has 4 heteroatoms. The summed E-state index contributed by atoms with van der Waals surface area (Å²) in [6, 6.07) is 10.5. The number of methoxy groups -OCH3 is 1. The third kappa shape index (κ3) is 3.92. The first-order chi connectivity index (χ1) is 9.70. The van der Waals surface area contributed by atoms with Crippen molar-refractivity contribution < 1.29 is 9.26 Å². The predicted octanol–water partition coefficient (Wildman–Crippen LogP) is 2.94. The predicted molar refractivity (Wildman–Crippen MR) is 78.4 cm³/mol. The molecule has 2 aromatic rings. The Balaban J connectivity index is 2.07. The second-order valence-corrected chi connectivity index (χ2v) is 4.99. The van der Waals surface area contributed by atoms with Crippen LogP contribution in [0.4, 0.5) is 0 Å². The third-order valence-corrected chi connectivity index (χ3v) is 3.42. The Labute approximate surface area is 120 Å². The van der Waals surface area contributed by atoms with E-state index in [1.165, 1.54) is 11.1 Å². The zero-order valence-corrected chi connectivity index (χ0v) is 12.4. The van der Waals surface area contributed by atoms with Crippen molar-refractivity contribution in [3.63, 3.8) is 0 Å². The Morgan fingerprint density at radius 1 is 1.15 bits per heavy atom. The van der Waals surface area contributed by atoms with E-state index in [1.54, 1.807) is 7.11 Å². The van der Waals surface area contributed by atoms with Crippen LogP contribution in [-0.2, 0) is 17.8 Å². The van der Waals surface area contributed by atoms with Crippen molar-refractivity contribution in [2.45, 2.75) is 26.9 Å². The molecule has 0 aliphatic heterocycles. The topological polar surface area (TPSA) is 38.5 Å². The van der Waals surface area contributed by atoms with Gasteiger partial charge in [-0.25, -0.2) is 0 Å². The zero-order chi connectivity index (χ0) is 14.4. The van der Waals surface area contributed by atoms with Crippen molar-refractivity contribution in [2.24, 2.45) is 0 Å². The van der Waals surface area contributed by atoms with E-state index in [2.05, 4.69) is 34.3 Å². The molecule has 1 aromatic carbocycles. The Morgan fingerprint density at radius 2 is 1.90 bits per heavy atom. The van der Waals surface area contributed by atoms with Gasteiger partial charge >= 0.3 is 0 Å². The summed E-state index contributed by atoms with van der Waals surface area (Å²) in [6.07, 6.45) is 0. The average Bonchev–Trinajstić information content (AvgIpc) is 2.77. The number of nitrogens with zero attached hydrogens (tertiary/aromatic N) is 2. The molecule has 0 fully saturated rings. The van der Waals surface area contributed by atoms with Crippen LogP contribution in [0.25, 0.3) is 0 Å². The SMILES string of the molecule is COCCN(Cc1ccccc1)Cc1c(C)noc1C. The zero-order valence-electron chi connectivity index (χ0n) is 12.4. The normalized spacial score (nSPS) is 11.2. The first-order valence-electron chi connectivity index (χ1n) is 6.87. The second kappa shape index (κ2) is 7.22. The van der Waals surface area contributed by atoms with Gasteiger partial charge in [0.05, 0.1) is 12.3 Å². The van der Waals surface area contributed by atoms with E-state index >= 15 is 0 Å². The first kappa shape index (κ1) is 14.8. The highest BCUT2D eigenvalue weighted by molar-refractivity contribution is 5.21. The number of hydrogen-bond donors (Lipinski definition) is 0. The van der Waals surface area contributed by atoms with Crippen LogP contribution in [-0.4, -0.2) is 30.3 Å². The minimum Gasteiger partial charge on any atom is -0.383 e. The van der Waals surface area contributed by atoms with Gasteiger partial charge in [-0.15, -0.1) is 0 Å². The van der Waals surface area contributed by atoms with E-state index in [0.717, 1.165) is 37.7 Å². The number of ether oxygens (including phenoxy) is 1. The van der Waals surface area contributed by atoms with Gasteiger partial charge in [0.2, 0.25) is 0 Å². The average molecular weight is 274 g/mol. The fourth-order valence-corrected chi connectivity index (χ4v) is 2.23. The Kier molecular flexibility index (Phi) is 5.32. The number of benzene rings is 1. The van der Waals surface area contributed by atoms with Gasteiger partial charge in [0.15, 0.2) is 0 Å². The summed E-state index contributed by atoms with van der Waals surface area (Å²) in [6.45, 7) is 7.29. The van der Waals surface area contributed by atoms with Gasteiger partial charge in [-0.05, 0) is 19.4 Å². The molecule has 2 rings (SSSR count). The highest BCUT2D eigenvalue weighted by Gasteiger charge is 2.14. The molecule has 0 unspecified atom stereocenters. The van der Waals surface area contributed by atoms with Crippen molar-refractivity contribution in [3.05, 3.63) is 52.9 Å². The van der Waals surface area contributed by atoms with Gasteiger partial charge in [0.25, 0.3) is 0 Å². The van der Waals surface area contributed by atoms with E-state index in [9.17, 15) is 0 Å². The van der Waals surface area contributed by atoms with E-state index in [-0.39, 0.29) is 0 Å². The lowest BCUT2D eigenvalue weighted by Gasteiger charge is -2.22. The van der Waals surface area contributed by atoms with Crippen molar-refractivity contribution in [1.29, 1.82) is 0 Å². The highest BCUT2D eigenvalue weighted by atomic mass is 16.5. The maximum Gasteiger partial charge on any atom is 0.138 e. The van der Waals surface area contributed by atoms with Crippen molar-refractivity contribution in [3.8, 4) is 0 Å². The maximum atomic E-state index is 5.24. The number of aryl methyl sites for hydroxylation is 2. The Morgan fingerprint density at radius 3 is 2.50 bits per heavy atom. The lowest BCUT2D eigenvalue weighted by atomic mass is 10.1.